The van der Waals surface area contributed by atoms with Crippen LogP contribution in [0.1, 0.15) is 28.8 Å². The summed E-state index contributed by atoms with van der Waals surface area (Å²) in [5.41, 5.74) is 1.70. The van der Waals surface area contributed by atoms with Crippen LogP contribution < -0.4 is 5.32 Å². The molecule has 4 rings (SSSR count). The van der Waals surface area contributed by atoms with Gasteiger partial charge in [-0.3, -0.25) is 14.7 Å². The Labute approximate surface area is 182 Å². The third-order valence-electron chi connectivity index (χ3n) is 5.55. The van der Waals surface area contributed by atoms with Crippen LogP contribution in [0.2, 0.25) is 0 Å². The molecule has 1 saturated heterocycles. The summed E-state index contributed by atoms with van der Waals surface area (Å²) < 4.78 is 53.7. The molecule has 0 aliphatic carbocycles. The maximum atomic E-state index is 13.9. The number of hydrogen-bond donors (Lipinski definition) is 1. The van der Waals surface area contributed by atoms with Gasteiger partial charge in [-0.05, 0) is 43.2 Å². The quantitative estimate of drug-likeness (QED) is 0.459. The molecule has 1 aliphatic rings. The zero-order valence-corrected chi connectivity index (χ0v) is 17.1. The topological polar surface area (TPSA) is 45.2 Å². The van der Waals surface area contributed by atoms with Crippen molar-refractivity contribution in [2.75, 3.05) is 13.1 Å². The molecule has 166 valence electrons. The van der Waals surface area contributed by atoms with Gasteiger partial charge in [0.05, 0.1) is 11.3 Å². The van der Waals surface area contributed by atoms with Crippen molar-refractivity contribution in [3.05, 3.63) is 89.1 Å². The summed E-state index contributed by atoms with van der Waals surface area (Å²) in [5, 5.41) is 2.97. The van der Waals surface area contributed by atoms with Gasteiger partial charge < -0.3 is 5.32 Å². The average Bonchev–Trinajstić information content (AvgIpc) is 2.79. The molecular weight excluding hydrogens is 422 g/mol. The number of aromatic nitrogens is 1. The minimum absolute atomic E-state index is 0.0588. The molecule has 0 unspecified atom stereocenters. The van der Waals surface area contributed by atoms with Gasteiger partial charge in [0.15, 0.2) is 11.6 Å². The van der Waals surface area contributed by atoms with Crippen molar-refractivity contribution < 1.29 is 22.4 Å². The van der Waals surface area contributed by atoms with Crippen molar-refractivity contribution >= 4 is 5.91 Å². The first-order valence-electron chi connectivity index (χ1n) is 10.3. The molecule has 2 heterocycles. The van der Waals surface area contributed by atoms with Gasteiger partial charge in [-0.2, -0.15) is 0 Å². The van der Waals surface area contributed by atoms with E-state index in [1.165, 1.54) is 18.3 Å². The molecule has 4 nitrogen and oxygen atoms in total. The molecule has 1 N–H and O–H groups in total. The van der Waals surface area contributed by atoms with Gasteiger partial charge in [-0.25, -0.2) is 17.6 Å². The van der Waals surface area contributed by atoms with Crippen molar-refractivity contribution in [3.8, 4) is 11.3 Å². The number of carbonyl (C=O) groups excluding carboxylic acids is 1. The monoisotopic (exact) mass is 443 g/mol. The standard InChI is InChI=1S/C24H21F4N3O/c25-18-3-1-2-15(10-18)23-5-4-16(13-29-23)24(32)30-19-6-8-31(9-7-19)14-17-11-21(27)22(28)12-20(17)26/h1-5,10-13,19H,6-9,14H2,(H,30,32). The van der Waals surface area contributed by atoms with Crippen molar-refractivity contribution in [1.29, 1.82) is 0 Å². The van der Waals surface area contributed by atoms with E-state index >= 15 is 0 Å². The van der Waals surface area contributed by atoms with Crippen molar-refractivity contribution in [2.24, 2.45) is 0 Å². The van der Waals surface area contributed by atoms with Crippen molar-refractivity contribution in [3.63, 3.8) is 0 Å². The number of halogens is 4. The van der Waals surface area contributed by atoms with Crippen LogP contribution in [0.15, 0.2) is 54.7 Å². The fraction of sp³-hybridized carbons (Fsp3) is 0.250. The summed E-state index contributed by atoms with van der Waals surface area (Å²) in [6, 6.07) is 10.8. The Kier molecular flexibility index (Phi) is 6.50. The number of nitrogens with zero attached hydrogens (tertiary/aromatic N) is 2. The lowest BCUT2D eigenvalue weighted by molar-refractivity contribution is 0.0908. The zero-order valence-electron chi connectivity index (χ0n) is 17.1. The third-order valence-corrected chi connectivity index (χ3v) is 5.55. The molecule has 1 aliphatic heterocycles. The van der Waals surface area contributed by atoms with Gasteiger partial charge in [-0.1, -0.05) is 12.1 Å². The predicted molar refractivity (Wildman–Crippen MR) is 112 cm³/mol. The fourth-order valence-corrected chi connectivity index (χ4v) is 3.78. The van der Waals surface area contributed by atoms with Crippen LogP contribution in [0.25, 0.3) is 11.3 Å². The lowest BCUT2D eigenvalue weighted by Gasteiger charge is -2.32. The number of pyridine rings is 1. The minimum Gasteiger partial charge on any atom is -0.349 e. The van der Waals surface area contributed by atoms with Gasteiger partial charge in [0.25, 0.3) is 5.91 Å². The Bertz CT molecular complexity index is 1110. The summed E-state index contributed by atoms with van der Waals surface area (Å²) in [5.74, 6) is -3.65. The van der Waals surface area contributed by atoms with E-state index in [1.54, 1.807) is 24.3 Å². The molecule has 0 spiro atoms. The van der Waals surface area contributed by atoms with E-state index in [0.29, 0.717) is 48.8 Å². The molecule has 0 bridgehead atoms. The van der Waals surface area contributed by atoms with Crippen LogP contribution in [-0.4, -0.2) is 34.9 Å². The number of piperidine rings is 1. The highest BCUT2D eigenvalue weighted by molar-refractivity contribution is 5.94. The summed E-state index contributed by atoms with van der Waals surface area (Å²) in [7, 11) is 0. The maximum absolute atomic E-state index is 13.9. The first-order chi connectivity index (χ1) is 15.4. The van der Waals surface area contributed by atoms with E-state index in [9.17, 15) is 22.4 Å². The Hall–Kier alpha value is -3.26. The Morgan fingerprint density at radius 2 is 1.72 bits per heavy atom. The average molecular weight is 443 g/mol. The molecule has 1 aromatic heterocycles. The third kappa shape index (κ3) is 5.13. The molecule has 32 heavy (non-hydrogen) atoms. The van der Waals surface area contributed by atoms with Gasteiger partial charge in [0, 0.05) is 49.1 Å². The highest BCUT2D eigenvalue weighted by atomic mass is 19.2. The molecule has 1 fully saturated rings. The van der Waals surface area contributed by atoms with Crippen LogP contribution >= 0.6 is 0 Å². The summed E-state index contributed by atoms with van der Waals surface area (Å²) in [6.45, 7) is 1.34. The summed E-state index contributed by atoms with van der Waals surface area (Å²) >= 11 is 0. The number of carbonyl (C=O) groups is 1. The summed E-state index contributed by atoms with van der Waals surface area (Å²) in [6.07, 6.45) is 2.74. The number of nitrogens with one attached hydrogen (secondary N) is 1. The van der Waals surface area contributed by atoms with E-state index in [4.69, 9.17) is 0 Å². The highest BCUT2D eigenvalue weighted by Crippen LogP contribution is 2.20. The van der Waals surface area contributed by atoms with E-state index in [2.05, 4.69) is 10.3 Å². The Balaban J connectivity index is 1.30. The molecule has 0 radical (unpaired) electrons. The van der Waals surface area contributed by atoms with Gasteiger partial charge in [0.2, 0.25) is 0 Å². The van der Waals surface area contributed by atoms with Crippen LogP contribution in [0.5, 0.6) is 0 Å². The molecule has 0 saturated carbocycles. The van der Waals surface area contributed by atoms with Crippen LogP contribution in [0, 0.1) is 23.3 Å². The number of likely N-dealkylation sites (tertiary alicyclic amines) is 1. The highest BCUT2D eigenvalue weighted by Gasteiger charge is 2.22. The molecule has 1 amide bonds. The summed E-state index contributed by atoms with van der Waals surface area (Å²) in [4.78, 5) is 18.7. The van der Waals surface area contributed by atoms with E-state index in [-0.39, 0.29) is 29.9 Å². The van der Waals surface area contributed by atoms with Crippen LogP contribution in [-0.2, 0) is 6.54 Å². The first kappa shape index (κ1) is 22.0. The number of rotatable bonds is 5. The second kappa shape index (κ2) is 9.48. The Morgan fingerprint density at radius 3 is 2.41 bits per heavy atom. The second-order valence-electron chi connectivity index (χ2n) is 7.82. The molecule has 3 aromatic rings. The fourth-order valence-electron chi connectivity index (χ4n) is 3.78. The van der Waals surface area contributed by atoms with Crippen molar-refractivity contribution in [2.45, 2.75) is 25.4 Å². The smallest absolute Gasteiger partial charge is 0.253 e. The molecule has 2 aromatic carbocycles. The largest absolute Gasteiger partial charge is 0.349 e. The lowest BCUT2D eigenvalue weighted by Crippen LogP contribution is -2.44. The molecular formula is C24H21F4N3O. The van der Waals surface area contributed by atoms with Crippen LogP contribution in [0.3, 0.4) is 0 Å². The second-order valence-corrected chi connectivity index (χ2v) is 7.82. The lowest BCUT2D eigenvalue weighted by atomic mass is 10.0. The molecule has 8 heteroatoms. The van der Waals surface area contributed by atoms with Gasteiger partial charge in [-0.15, -0.1) is 0 Å². The Morgan fingerprint density at radius 1 is 0.969 bits per heavy atom. The van der Waals surface area contributed by atoms with E-state index < -0.39 is 17.5 Å². The SMILES string of the molecule is O=C(NC1CCN(Cc2cc(F)c(F)cc2F)CC1)c1ccc(-c2cccc(F)c2)nc1. The first-order valence-corrected chi connectivity index (χ1v) is 10.3. The maximum Gasteiger partial charge on any atom is 0.253 e. The normalized spacial score (nSPS) is 15.0. The molecule has 0 atom stereocenters. The predicted octanol–water partition coefficient (Wildman–Crippen LogP) is 4.70. The number of hydrogen-bond acceptors (Lipinski definition) is 3. The minimum atomic E-state index is -1.20. The zero-order chi connectivity index (χ0) is 22.7. The van der Waals surface area contributed by atoms with Gasteiger partial charge in [0.1, 0.15) is 11.6 Å². The van der Waals surface area contributed by atoms with E-state index in [1.807, 2.05) is 4.90 Å². The van der Waals surface area contributed by atoms with Gasteiger partial charge >= 0.3 is 0 Å². The van der Waals surface area contributed by atoms with E-state index in [0.717, 1.165) is 6.07 Å². The number of benzene rings is 2. The van der Waals surface area contributed by atoms with Crippen LogP contribution in [0.4, 0.5) is 17.6 Å². The van der Waals surface area contributed by atoms with Crippen molar-refractivity contribution in [1.82, 2.24) is 15.2 Å². The number of amides is 1.